The Hall–Kier alpha value is -1.28. The molecule has 1 aliphatic rings. The van der Waals surface area contributed by atoms with E-state index in [2.05, 4.69) is 12.0 Å². The van der Waals surface area contributed by atoms with Crippen molar-refractivity contribution in [1.82, 2.24) is 9.78 Å². The molecule has 0 aliphatic heterocycles. The zero-order valence-electron chi connectivity index (χ0n) is 9.20. The monoisotopic (exact) mass is 232 g/mol. The Morgan fingerprint density at radius 2 is 2.06 bits per heavy atom. The van der Waals surface area contributed by atoms with Gasteiger partial charge in [-0.05, 0) is 43.9 Å². The molecule has 0 amide bonds. The van der Waals surface area contributed by atoms with E-state index < -0.39 is 0 Å². The van der Waals surface area contributed by atoms with Gasteiger partial charge in [0.1, 0.15) is 0 Å². The topological polar surface area (TPSA) is 17.8 Å². The van der Waals surface area contributed by atoms with Crippen molar-refractivity contribution in [3.8, 4) is 5.69 Å². The maximum absolute atomic E-state index is 6.19. The average Bonchev–Trinajstić information content (AvgIpc) is 2.83. The molecule has 1 aromatic heterocycles. The first kappa shape index (κ1) is 9.91. The lowest BCUT2D eigenvalue weighted by Crippen LogP contribution is -2.01. The second-order valence-electron chi connectivity index (χ2n) is 4.23. The summed E-state index contributed by atoms with van der Waals surface area (Å²) in [5.74, 6) is 0. The Kier molecular flexibility index (Phi) is 2.25. The van der Waals surface area contributed by atoms with Crippen LogP contribution in [-0.4, -0.2) is 9.78 Å². The van der Waals surface area contributed by atoms with Crippen molar-refractivity contribution in [2.45, 2.75) is 26.2 Å². The second kappa shape index (κ2) is 3.63. The summed E-state index contributed by atoms with van der Waals surface area (Å²) in [5.41, 5.74) is 4.88. The molecule has 82 valence electrons. The molecule has 0 saturated heterocycles. The molecular formula is C13H13ClN2. The van der Waals surface area contributed by atoms with Crippen LogP contribution in [0.1, 0.15) is 23.4 Å². The van der Waals surface area contributed by atoms with Crippen LogP contribution in [0.4, 0.5) is 0 Å². The highest BCUT2D eigenvalue weighted by molar-refractivity contribution is 6.32. The summed E-state index contributed by atoms with van der Waals surface area (Å²) in [7, 11) is 0. The van der Waals surface area contributed by atoms with E-state index in [1.807, 2.05) is 28.9 Å². The summed E-state index contributed by atoms with van der Waals surface area (Å²) >= 11 is 6.19. The number of hydrogen-bond donors (Lipinski definition) is 0. The van der Waals surface area contributed by atoms with E-state index in [0.29, 0.717) is 0 Å². The molecule has 0 bridgehead atoms. The first-order valence-corrected chi connectivity index (χ1v) is 5.97. The van der Waals surface area contributed by atoms with Gasteiger partial charge in [-0.15, -0.1) is 0 Å². The van der Waals surface area contributed by atoms with Crippen molar-refractivity contribution in [3.05, 3.63) is 46.2 Å². The van der Waals surface area contributed by atoms with E-state index in [1.165, 1.54) is 23.4 Å². The van der Waals surface area contributed by atoms with Gasteiger partial charge in [-0.1, -0.05) is 23.7 Å². The van der Waals surface area contributed by atoms with Gasteiger partial charge in [0.25, 0.3) is 0 Å². The third-order valence-corrected chi connectivity index (χ3v) is 3.56. The number of aryl methyl sites for hydroxylation is 1. The summed E-state index contributed by atoms with van der Waals surface area (Å²) < 4.78 is 1.98. The van der Waals surface area contributed by atoms with Gasteiger partial charge in [-0.3, -0.25) is 0 Å². The summed E-state index contributed by atoms with van der Waals surface area (Å²) in [6.07, 6.45) is 3.50. The largest absolute Gasteiger partial charge is 0.236 e. The molecule has 2 aromatic rings. The lowest BCUT2D eigenvalue weighted by molar-refractivity contribution is 0.779. The Morgan fingerprint density at radius 1 is 1.25 bits per heavy atom. The molecule has 0 saturated carbocycles. The van der Waals surface area contributed by atoms with Crippen LogP contribution in [-0.2, 0) is 12.8 Å². The van der Waals surface area contributed by atoms with Crippen molar-refractivity contribution in [2.75, 3.05) is 0 Å². The quantitative estimate of drug-likeness (QED) is 0.738. The van der Waals surface area contributed by atoms with Crippen molar-refractivity contribution in [2.24, 2.45) is 0 Å². The number of rotatable bonds is 1. The van der Waals surface area contributed by atoms with E-state index in [4.69, 9.17) is 11.6 Å². The third-order valence-electron chi connectivity index (χ3n) is 3.24. The van der Waals surface area contributed by atoms with E-state index in [1.54, 1.807) is 0 Å². The molecule has 0 N–H and O–H groups in total. The highest BCUT2D eigenvalue weighted by atomic mass is 35.5. The number of para-hydroxylation sites is 1. The molecule has 3 rings (SSSR count). The van der Waals surface area contributed by atoms with Crippen LogP contribution in [0, 0.1) is 6.92 Å². The predicted molar refractivity (Wildman–Crippen MR) is 65.3 cm³/mol. The minimum absolute atomic E-state index is 0.756. The minimum Gasteiger partial charge on any atom is -0.236 e. The van der Waals surface area contributed by atoms with Crippen molar-refractivity contribution >= 4 is 11.6 Å². The van der Waals surface area contributed by atoms with Gasteiger partial charge in [0.15, 0.2) is 0 Å². The number of nitrogens with zero attached hydrogens (tertiary/aromatic N) is 2. The predicted octanol–water partition coefficient (Wildman–Crippen LogP) is 3.32. The van der Waals surface area contributed by atoms with Crippen molar-refractivity contribution in [3.63, 3.8) is 0 Å². The highest BCUT2D eigenvalue weighted by Crippen LogP contribution is 2.28. The molecule has 1 aliphatic carbocycles. The number of aromatic nitrogens is 2. The van der Waals surface area contributed by atoms with Gasteiger partial charge < -0.3 is 0 Å². The molecule has 1 heterocycles. The Morgan fingerprint density at radius 3 is 2.81 bits per heavy atom. The Labute approximate surface area is 99.9 Å². The SMILES string of the molecule is Cc1c2c(nn1-c1ccccc1Cl)CCC2. The number of benzene rings is 1. The Balaban J connectivity index is 2.18. The van der Waals surface area contributed by atoms with E-state index >= 15 is 0 Å². The molecule has 3 heteroatoms. The number of fused-ring (bicyclic) bond motifs is 1. The molecule has 2 nitrogen and oxygen atoms in total. The molecule has 0 fully saturated rings. The maximum Gasteiger partial charge on any atom is 0.0835 e. The molecule has 0 unspecified atom stereocenters. The summed E-state index contributed by atoms with van der Waals surface area (Å²) in [6.45, 7) is 2.13. The summed E-state index contributed by atoms with van der Waals surface area (Å²) in [6, 6.07) is 7.85. The first-order chi connectivity index (χ1) is 7.77. The zero-order chi connectivity index (χ0) is 11.1. The van der Waals surface area contributed by atoms with Crippen LogP contribution in [0.2, 0.25) is 5.02 Å². The standard InChI is InChI=1S/C13H13ClN2/c1-9-10-5-4-7-12(10)15-16(9)13-8-3-2-6-11(13)14/h2-3,6,8H,4-5,7H2,1H3. The molecule has 0 spiro atoms. The van der Waals surface area contributed by atoms with Crippen LogP contribution in [0.15, 0.2) is 24.3 Å². The number of halogens is 1. The van der Waals surface area contributed by atoms with Crippen LogP contribution < -0.4 is 0 Å². The highest BCUT2D eigenvalue weighted by Gasteiger charge is 2.20. The van der Waals surface area contributed by atoms with Gasteiger partial charge in [0.05, 0.1) is 16.4 Å². The molecular weight excluding hydrogens is 220 g/mol. The summed E-state index contributed by atoms with van der Waals surface area (Å²) in [5, 5.41) is 5.41. The Bertz CT molecular complexity index is 543. The lowest BCUT2D eigenvalue weighted by atomic mass is 10.2. The van der Waals surface area contributed by atoms with E-state index in [9.17, 15) is 0 Å². The molecule has 16 heavy (non-hydrogen) atoms. The van der Waals surface area contributed by atoms with Gasteiger partial charge >= 0.3 is 0 Å². The van der Waals surface area contributed by atoms with E-state index in [-0.39, 0.29) is 0 Å². The molecule has 0 atom stereocenters. The van der Waals surface area contributed by atoms with Gasteiger partial charge in [-0.2, -0.15) is 5.10 Å². The average molecular weight is 233 g/mol. The minimum atomic E-state index is 0.756. The maximum atomic E-state index is 6.19. The summed E-state index contributed by atoms with van der Waals surface area (Å²) in [4.78, 5) is 0. The van der Waals surface area contributed by atoms with Crippen LogP contribution in [0.5, 0.6) is 0 Å². The van der Waals surface area contributed by atoms with Gasteiger partial charge in [0, 0.05) is 5.69 Å². The number of hydrogen-bond acceptors (Lipinski definition) is 1. The van der Waals surface area contributed by atoms with Crippen molar-refractivity contribution < 1.29 is 0 Å². The molecule has 0 radical (unpaired) electrons. The van der Waals surface area contributed by atoms with Gasteiger partial charge in [0.2, 0.25) is 0 Å². The lowest BCUT2D eigenvalue weighted by Gasteiger charge is -2.07. The molecule has 1 aromatic carbocycles. The van der Waals surface area contributed by atoms with Crippen LogP contribution in [0.25, 0.3) is 5.69 Å². The van der Waals surface area contributed by atoms with E-state index in [0.717, 1.165) is 23.6 Å². The van der Waals surface area contributed by atoms with Gasteiger partial charge in [-0.25, -0.2) is 4.68 Å². The fourth-order valence-corrected chi connectivity index (χ4v) is 2.63. The normalized spacial score (nSPS) is 14.1. The zero-order valence-corrected chi connectivity index (χ0v) is 9.96. The van der Waals surface area contributed by atoms with Crippen molar-refractivity contribution in [1.29, 1.82) is 0 Å². The third kappa shape index (κ3) is 1.37. The first-order valence-electron chi connectivity index (χ1n) is 5.59. The van der Waals surface area contributed by atoms with Crippen LogP contribution >= 0.6 is 11.6 Å². The smallest absolute Gasteiger partial charge is 0.0835 e. The fraction of sp³-hybridized carbons (Fsp3) is 0.308. The van der Waals surface area contributed by atoms with Crippen LogP contribution in [0.3, 0.4) is 0 Å². The second-order valence-corrected chi connectivity index (χ2v) is 4.63. The fourth-order valence-electron chi connectivity index (χ4n) is 2.41.